The van der Waals surface area contributed by atoms with Crippen molar-refractivity contribution >= 4 is 29.3 Å². The molecule has 28 heavy (non-hydrogen) atoms. The van der Waals surface area contributed by atoms with Crippen LogP contribution >= 0.6 is 23.4 Å². The number of amides is 1. The smallest absolute Gasteiger partial charge is 0.232 e. The van der Waals surface area contributed by atoms with E-state index in [1.807, 2.05) is 18.2 Å². The van der Waals surface area contributed by atoms with Gasteiger partial charge in [0.15, 0.2) is 6.67 Å². The van der Waals surface area contributed by atoms with Gasteiger partial charge in [-0.3, -0.25) is 9.69 Å². The van der Waals surface area contributed by atoms with E-state index in [2.05, 4.69) is 18.2 Å². The monoisotopic (exact) mass is 414 g/mol. The van der Waals surface area contributed by atoms with Crippen LogP contribution in [0.25, 0.3) is 0 Å². The van der Waals surface area contributed by atoms with Crippen molar-refractivity contribution in [3.63, 3.8) is 0 Å². The van der Waals surface area contributed by atoms with Gasteiger partial charge in [-0.25, -0.2) is 4.39 Å². The Morgan fingerprint density at radius 2 is 2.04 bits per heavy atom. The molecule has 2 aliphatic heterocycles. The van der Waals surface area contributed by atoms with Crippen molar-refractivity contribution in [3.8, 4) is 6.07 Å². The first kappa shape index (κ1) is 19.0. The number of quaternary nitrogens is 1. The van der Waals surface area contributed by atoms with Crippen LogP contribution in [0, 0.1) is 17.1 Å². The molecule has 1 saturated heterocycles. The summed E-state index contributed by atoms with van der Waals surface area (Å²) in [6.45, 7) is 1.30. The minimum atomic E-state index is -0.638. The van der Waals surface area contributed by atoms with Crippen LogP contribution < -0.4 is 4.90 Å². The van der Waals surface area contributed by atoms with Crippen LogP contribution in [0.3, 0.4) is 0 Å². The highest BCUT2D eigenvalue weighted by molar-refractivity contribution is 8.02. The average Bonchev–Trinajstić information content (AvgIpc) is 2.69. The van der Waals surface area contributed by atoms with E-state index in [4.69, 9.17) is 11.6 Å². The number of thioether (sulfide) groups is 1. The van der Waals surface area contributed by atoms with Crippen molar-refractivity contribution in [3.05, 3.63) is 81.1 Å². The minimum Gasteiger partial charge on any atom is -0.305 e. The number of carbonyl (C=O) groups excluding carboxylic acids is 1. The Morgan fingerprint density at radius 3 is 2.75 bits per heavy atom. The molecule has 1 amide bonds. The molecule has 2 heterocycles. The van der Waals surface area contributed by atoms with Gasteiger partial charge in [-0.15, -0.1) is 0 Å². The van der Waals surface area contributed by atoms with E-state index in [9.17, 15) is 14.4 Å². The predicted octanol–water partition coefficient (Wildman–Crippen LogP) is 3.28. The molecule has 2 aliphatic rings. The first-order valence-corrected chi connectivity index (χ1v) is 10.3. The van der Waals surface area contributed by atoms with E-state index >= 15 is 0 Å². The number of halogens is 2. The summed E-state index contributed by atoms with van der Waals surface area (Å²) in [4.78, 5) is 15.8. The van der Waals surface area contributed by atoms with Crippen LogP contribution in [0.2, 0.25) is 5.02 Å². The van der Waals surface area contributed by atoms with E-state index in [1.165, 1.54) is 34.4 Å². The van der Waals surface area contributed by atoms with Crippen molar-refractivity contribution < 1.29 is 14.1 Å². The number of nitrogens with zero attached hydrogens (tertiary/aromatic N) is 2. The van der Waals surface area contributed by atoms with Gasteiger partial charge in [0.2, 0.25) is 5.91 Å². The molecule has 0 aromatic heterocycles. The summed E-state index contributed by atoms with van der Waals surface area (Å²) < 4.78 is 14.4. The maximum absolute atomic E-state index is 14.4. The molecule has 0 saturated carbocycles. The maximum Gasteiger partial charge on any atom is 0.232 e. The molecule has 1 N–H and O–H groups in total. The third kappa shape index (κ3) is 3.53. The zero-order valence-corrected chi connectivity index (χ0v) is 16.6. The van der Waals surface area contributed by atoms with Crippen molar-refractivity contribution in [2.45, 2.75) is 18.9 Å². The lowest BCUT2D eigenvalue weighted by Crippen LogP contribution is -3.12. The van der Waals surface area contributed by atoms with E-state index in [-0.39, 0.29) is 22.9 Å². The zero-order valence-electron chi connectivity index (χ0n) is 15.0. The molecule has 1 unspecified atom stereocenters. The second kappa shape index (κ2) is 7.96. The Hall–Kier alpha value is -2.33. The van der Waals surface area contributed by atoms with E-state index in [1.54, 1.807) is 11.0 Å². The number of hydrogen-bond acceptors (Lipinski definition) is 3. The Labute approximate surface area is 172 Å². The molecule has 2 aromatic carbocycles. The molecule has 7 heteroatoms. The first-order valence-electron chi connectivity index (χ1n) is 8.97. The fourth-order valence-electron chi connectivity index (χ4n) is 3.76. The van der Waals surface area contributed by atoms with Crippen LogP contribution in [-0.2, 0) is 11.3 Å². The largest absolute Gasteiger partial charge is 0.305 e. The summed E-state index contributed by atoms with van der Waals surface area (Å²) in [5, 5.41) is 10.7. The predicted molar refractivity (Wildman–Crippen MR) is 107 cm³/mol. The molecule has 4 nitrogen and oxygen atoms in total. The van der Waals surface area contributed by atoms with Crippen molar-refractivity contribution in [2.75, 3.05) is 12.5 Å². The molecule has 4 rings (SSSR count). The highest BCUT2D eigenvalue weighted by Crippen LogP contribution is 2.43. The maximum atomic E-state index is 14.4. The van der Waals surface area contributed by atoms with Gasteiger partial charge in [0.1, 0.15) is 23.3 Å². The molecule has 1 fully saturated rings. The van der Waals surface area contributed by atoms with Crippen molar-refractivity contribution in [1.82, 2.24) is 4.90 Å². The molecular formula is C21H18ClFN3OS+. The van der Waals surface area contributed by atoms with Crippen LogP contribution in [0.1, 0.15) is 23.5 Å². The molecular weight excluding hydrogens is 397 g/mol. The number of allylic oxidation sites excluding steroid dienone is 1. The SMILES string of the molecule is N#CC1=C2SC[NH+](Cc3ccccc3)CN2C(=O)C[C@H]1c1c(F)cccc1Cl. The van der Waals surface area contributed by atoms with E-state index in [0.717, 1.165) is 12.4 Å². The number of nitrogens with one attached hydrogen (secondary N) is 1. The van der Waals surface area contributed by atoms with Gasteiger partial charge in [-0.1, -0.05) is 48.0 Å². The third-order valence-electron chi connectivity index (χ3n) is 5.06. The minimum absolute atomic E-state index is 0.0478. The van der Waals surface area contributed by atoms with Gasteiger partial charge >= 0.3 is 0 Å². The highest BCUT2D eigenvalue weighted by atomic mass is 35.5. The number of nitriles is 1. The summed E-state index contributed by atoms with van der Waals surface area (Å²) in [5.74, 6) is -0.488. The fraction of sp³-hybridized carbons (Fsp3) is 0.238. The number of benzene rings is 2. The number of fused-ring (bicyclic) bond motifs is 1. The summed E-state index contributed by atoms with van der Waals surface area (Å²) in [6, 6.07) is 16.8. The Bertz CT molecular complexity index is 969. The molecule has 2 aromatic rings. The highest BCUT2D eigenvalue weighted by Gasteiger charge is 2.41. The number of carbonyl (C=O) groups is 1. The molecule has 0 bridgehead atoms. The Morgan fingerprint density at radius 1 is 1.25 bits per heavy atom. The summed E-state index contributed by atoms with van der Waals surface area (Å²) >= 11 is 7.69. The summed E-state index contributed by atoms with van der Waals surface area (Å²) in [5.41, 5.74) is 1.86. The summed E-state index contributed by atoms with van der Waals surface area (Å²) in [6.07, 6.45) is 0.0478. The lowest BCUT2D eigenvalue weighted by atomic mass is 9.86. The summed E-state index contributed by atoms with van der Waals surface area (Å²) in [7, 11) is 0. The van der Waals surface area contributed by atoms with Gasteiger partial charge in [0.05, 0.1) is 11.6 Å². The second-order valence-corrected chi connectivity index (χ2v) is 8.27. The van der Waals surface area contributed by atoms with Gasteiger partial charge < -0.3 is 4.90 Å². The lowest BCUT2D eigenvalue weighted by molar-refractivity contribution is -0.910. The van der Waals surface area contributed by atoms with Crippen LogP contribution in [0.15, 0.2) is 59.1 Å². The van der Waals surface area contributed by atoms with Crippen molar-refractivity contribution in [1.29, 1.82) is 5.26 Å². The van der Waals surface area contributed by atoms with Crippen LogP contribution in [-0.4, -0.2) is 23.4 Å². The van der Waals surface area contributed by atoms with Gasteiger partial charge in [0, 0.05) is 28.5 Å². The van der Waals surface area contributed by atoms with Gasteiger partial charge in [0.25, 0.3) is 0 Å². The topological polar surface area (TPSA) is 48.5 Å². The van der Waals surface area contributed by atoms with Crippen LogP contribution in [0.4, 0.5) is 4.39 Å². The van der Waals surface area contributed by atoms with Crippen molar-refractivity contribution in [2.24, 2.45) is 0 Å². The third-order valence-corrected chi connectivity index (χ3v) is 6.66. The van der Waals surface area contributed by atoms with Crippen LogP contribution in [0.5, 0.6) is 0 Å². The number of hydrogen-bond donors (Lipinski definition) is 1. The number of rotatable bonds is 3. The van der Waals surface area contributed by atoms with Gasteiger partial charge in [-0.2, -0.15) is 5.26 Å². The molecule has 142 valence electrons. The van der Waals surface area contributed by atoms with E-state index < -0.39 is 11.7 Å². The second-order valence-electron chi connectivity index (χ2n) is 6.90. The normalized spacial score (nSPS) is 22.0. The van der Waals surface area contributed by atoms with Gasteiger partial charge in [-0.05, 0) is 23.9 Å². The molecule has 0 spiro atoms. The Balaban J connectivity index is 1.64. The Kier molecular flexibility index (Phi) is 5.40. The molecule has 0 aliphatic carbocycles. The average molecular weight is 415 g/mol. The molecule has 2 atom stereocenters. The fourth-order valence-corrected chi connectivity index (χ4v) is 5.25. The van der Waals surface area contributed by atoms with E-state index in [0.29, 0.717) is 17.3 Å². The zero-order chi connectivity index (χ0) is 19.7. The first-order chi connectivity index (χ1) is 13.6. The standard InChI is InChI=1S/C21H17ClFN3OS/c22-17-7-4-8-18(23)20(17)15-9-19(27)26-12-25(11-14-5-2-1-3-6-14)13-28-21(26)16(15)10-24/h1-8,15H,9,11-13H2/p+1/t15-/m1/s1. The molecule has 0 radical (unpaired) electrons. The quantitative estimate of drug-likeness (QED) is 0.838. The lowest BCUT2D eigenvalue weighted by Gasteiger charge is -2.39.